The number of phenolic OH excluding ortho intramolecular Hbond substituents is 2. The van der Waals surface area contributed by atoms with Gasteiger partial charge in [-0.2, -0.15) is 0 Å². The van der Waals surface area contributed by atoms with Crippen LogP contribution >= 0.6 is 0 Å². The van der Waals surface area contributed by atoms with Crippen LogP contribution in [0.15, 0.2) is 48.5 Å². The first kappa shape index (κ1) is 25.2. The monoisotopic (exact) mass is 441 g/mol. The van der Waals surface area contributed by atoms with E-state index >= 15 is 0 Å². The van der Waals surface area contributed by atoms with Crippen molar-refractivity contribution in [2.75, 3.05) is 6.61 Å². The lowest BCUT2D eigenvalue weighted by Crippen LogP contribution is -2.43. The Kier molecular flexibility index (Phi) is 11.1. The molecule has 0 unspecified atom stereocenters. The van der Waals surface area contributed by atoms with Crippen molar-refractivity contribution in [2.45, 2.75) is 70.8 Å². The molecule has 0 saturated carbocycles. The Morgan fingerprint density at radius 1 is 0.844 bits per heavy atom. The minimum Gasteiger partial charge on any atom is -0.508 e. The number of hydrogen-bond donors (Lipinski definition) is 3. The number of rotatable bonds is 14. The molecule has 2 aromatic carbocycles. The lowest BCUT2D eigenvalue weighted by molar-refractivity contribution is -0.148. The zero-order valence-electron chi connectivity index (χ0n) is 18.9. The van der Waals surface area contributed by atoms with Crippen LogP contribution in [0, 0.1) is 0 Å². The standard InChI is InChI=1S/C26H35NO5/c1-2-3-4-5-6-7-18-32-26(31)24(19-21-10-15-23(29)16-11-21)27-25(30)17-12-20-8-13-22(28)14-9-20/h8-11,13-16,24,28-29H,2-7,12,17-19H2,1H3,(H,27,30)/t24-/m0/s1. The van der Waals surface area contributed by atoms with Gasteiger partial charge in [-0.25, -0.2) is 4.79 Å². The van der Waals surface area contributed by atoms with E-state index in [4.69, 9.17) is 4.74 Å². The first-order valence-electron chi connectivity index (χ1n) is 11.5. The summed E-state index contributed by atoms with van der Waals surface area (Å²) < 4.78 is 5.45. The van der Waals surface area contributed by atoms with Gasteiger partial charge in [0.1, 0.15) is 17.5 Å². The number of aryl methyl sites for hydroxylation is 1. The van der Waals surface area contributed by atoms with Crippen molar-refractivity contribution in [3.05, 3.63) is 59.7 Å². The number of nitrogens with one attached hydrogen (secondary N) is 1. The van der Waals surface area contributed by atoms with Crippen molar-refractivity contribution in [3.8, 4) is 11.5 Å². The summed E-state index contributed by atoms with van der Waals surface area (Å²) in [6.45, 7) is 2.52. The molecule has 0 aliphatic rings. The van der Waals surface area contributed by atoms with Gasteiger partial charge in [-0.15, -0.1) is 0 Å². The highest BCUT2D eigenvalue weighted by atomic mass is 16.5. The van der Waals surface area contributed by atoms with Gasteiger partial charge in [0.15, 0.2) is 0 Å². The Morgan fingerprint density at radius 2 is 1.41 bits per heavy atom. The summed E-state index contributed by atoms with van der Waals surface area (Å²) in [5, 5.41) is 21.7. The van der Waals surface area contributed by atoms with Crippen LogP contribution in [-0.2, 0) is 27.2 Å². The molecule has 174 valence electrons. The van der Waals surface area contributed by atoms with Crippen LogP contribution in [0.4, 0.5) is 0 Å². The van der Waals surface area contributed by atoms with Crippen LogP contribution in [-0.4, -0.2) is 34.7 Å². The molecule has 0 bridgehead atoms. The molecule has 0 radical (unpaired) electrons. The molecule has 6 nitrogen and oxygen atoms in total. The van der Waals surface area contributed by atoms with Crippen molar-refractivity contribution < 1.29 is 24.5 Å². The second-order valence-electron chi connectivity index (χ2n) is 8.09. The molecule has 2 aromatic rings. The van der Waals surface area contributed by atoms with Crippen LogP contribution in [0.3, 0.4) is 0 Å². The molecular weight excluding hydrogens is 406 g/mol. The Labute approximate surface area is 190 Å². The molecule has 0 aromatic heterocycles. The van der Waals surface area contributed by atoms with E-state index in [1.54, 1.807) is 48.5 Å². The minimum atomic E-state index is -0.785. The quantitative estimate of drug-likeness (QED) is 0.293. The van der Waals surface area contributed by atoms with Crippen molar-refractivity contribution >= 4 is 11.9 Å². The highest BCUT2D eigenvalue weighted by Crippen LogP contribution is 2.14. The van der Waals surface area contributed by atoms with Gasteiger partial charge in [0, 0.05) is 12.8 Å². The van der Waals surface area contributed by atoms with Gasteiger partial charge in [0.05, 0.1) is 6.61 Å². The van der Waals surface area contributed by atoms with Gasteiger partial charge in [-0.3, -0.25) is 4.79 Å². The Morgan fingerprint density at radius 3 is 2.03 bits per heavy atom. The number of ether oxygens (including phenoxy) is 1. The van der Waals surface area contributed by atoms with Crippen LogP contribution in [0.2, 0.25) is 0 Å². The molecule has 6 heteroatoms. The lowest BCUT2D eigenvalue weighted by atomic mass is 10.0. The maximum atomic E-state index is 12.7. The number of benzene rings is 2. The molecule has 0 fully saturated rings. The van der Waals surface area contributed by atoms with Crippen molar-refractivity contribution in [1.29, 1.82) is 0 Å². The third kappa shape index (κ3) is 9.86. The predicted molar refractivity (Wildman–Crippen MR) is 125 cm³/mol. The maximum Gasteiger partial charge on any atom is 0.328 e. The molecular formula is C26H35NO5. The number of carbonyl (C=O) groups excluding carboxylic acids is 2. The van der Waals surface area contributed by atoms with Gasteiger partial charge in [0.25, 0.3) is 0 Å². The molecule has 0 saturated heterocycles. The fourth-order valence-corrected chi connectivity index (χ4v) is 3.40. The Bertz CT molecular complexity index is 817. The molecule has 1 amide bonds. The Balaban J connectivity index is 1.87. The van der Waals surface area contributed by atoms with E-state index in [2.05, 4.69) is 12.2 Å². The fourth-order valence-electron chi connectivity index (χ4n) is 3.40. The van der Waals surface area contributed by atoms with Crippen molar-refractivity contribution in [3.63, 3.8) is 0 Å². The minimum absolute atomic E-state index is 0.147. The number of carbonyl (C=O) groups is 2. The number of aromatic hydroxyl groups is 2. The summed E-state index contributed by atoms with van der Waals surface area (Å²) in [6, 6.07) is 12.5. The molecule has 3 N–H and O–H groups in total. The first-order valence-corrected chi connectivity index (χ1v) is 11.5. The van der Waals surface area contributed by atoms with E-state index < -0.39 is 12.0 Å². The highest BCUT2D eigenvalue weighted by molar-refractivity contribution is 5.84. The highest BCUT2D eigenvalue weighted by Gasteiger charge is 2.22. The topological polar surface area (TPSA) is 95.9 Å². The van der Waals surface area contributed by atoms with Gasteiger partial charge in [-0.1, -0.05) is 63.3 Å². The molecule has 0 aliphatic carbocycles. The van der Waals surface area contributed by atoms with Crippen LogP contribution in [0.5, 0.6) is 11.5 Å². The van der Waals surface area contributed by atoms with Gasteiger partial charge in [0.2, 0.25) is 5.91 Å². The predicted octanol–water partition coefficient (Wildman–Crippen LogP) is 4.66. The smallest absolute Gasteiger partial charge is 0.328 e. The summed E-state index contributed by atoms with van der Waals surface area (Å²) in [7, 11) is 0. The van der Waals surface area contributed by atoms with E-state index in [9.17, 15) is 19.8 Å². The fraction of sp³-hybridized carbons (Fsp3) is 0.462. The average Bonchev–Trinajstić information content (AvgIpc) is 2.79. The SMILES string of the molecule is CCCCCCCCOC(=O)[C@H](Cc1ccc(O)cc1)NC(=O)CCc1ccc(O)cc1. The molecule has 0 spiro atoms. The van der Waals surface area contributed by atoms with Crippen molar-refractivity contribution in [2.24, 2.45) is 0 Å². The zero-order valence-corrected chi connectivity index (χ0v) is 18.9. The van der Waals surface area contributed by atoms with Crippen LogP contribution in [0.25, 0.3) is 0 Å². The van der Waals surface area contributed by atoms with Crippen molar-refractivity contribution in [1.82, 2.24) is 5.32 Å². The first-order chi connectivity index (χ1) is 15.5. The molecule has 32 heavy (non-hydrogen) atoms. The maximum absolute atomic E-state index is 12.7. The van der Waals surface area contributed by atoms with E-state index in [-0.39, 0.29) is 23.8 Å². The number of hydrogen-bond acceptors (Lipinski definition) is 5. The average molecular weight is 442 g/mol. The summed E-state index contributed by atoms with van der Waals surface area (Å²) >= 11 is 0. The van der Waals surface area contributed by atoms with E-state index in [1.807, 2.05) is 0 Å². The third-order valence-corrected chi connectivity index (χ3v) is 5.32. The molecule has 1 atom stereocenters. The second kappa shape index (κ2) is 14.1. The van der Waals surface area contributed by atoms with Gasteiger partial charge >= 0.3 is 5.97 Å². The summed E-state index contributed by atoms with van der Waals surface area (Å²) in [4.78, 5) is 25.2. The van der Waals surface area contributed by atoms with Gasteiger partial charge < -0.3 is 20.3 Å². The Hall–Kier alpha value is -3.02. The largest absolute Gasteiger partial charge is 0.508 e. The summed E-state index contributed by atoms with van der Waals surface area (Å²) in [6.07, 6.45) is 7.62. The second-order valence-corrected chi connectivity index (χ2v) is 8.09. The summed E-state index contributed by atoms with van der Waals surface area (Å²) in [5.41, 5.74) is 1.75. The number of amides is 1. The van der Waals surface area contributed by atoms with Gasteiger partial charge in [-0.05, 0) is 48.2 Å². The van der Waals surface area contributed by atoms with E-state index in [1.165, 1.54) is 19.3 Å². The number of unbranched alkanes of at least 4 members (excludes halogenated alkanes) is 5. The molecule has 0 aliphatic heterocycles. The molecule has 2 rings (SSSR count). The number of phenols is 2. The molecule has 0 heterocycles. The van der Waals surface area contributed by atoms with E-state index in [0.717, 1.165) is 30.4 Å². The normalized spacial score (nSPS) is 11.7. The third-order valence-electron chi connectivity index (χ3n) is 5.32. The lowest BCUT2D eigenvalue weighted by Gasteiger charge is -2.18. The number of esters is 1. The van der Waals surface area contributed by atoms with E-state index in [0.29, 0.717) is 19.4 Å². The van der Waals surface area contributed by atoms with Crippen LogP contribution in [0.1, 0.15) is 63.0 Å². The van der Waals surface area contributed by atoms with Crippen LogP contribution < -0.4 is 5.32 Å². The summed E-state index contributed by atoms with van der Waals surface area (Å²) in [5.74, 6) is -0.350. The zero-order chi connectivity index (χ0) is 23.2.